The quantitative estimate of drug-likeness (QED) is 0.597. The number of nitrogens with zero attached hydrogens (tertiary/aromatic N) is 3. The fourth-order valence-corrected chi connectivity index (χ4v) is 4.80. The van der Waals surface area contributed by atoms with Crippen LogP contribution in [0, 0.1) is 0 Å². The summed E-state index contributed by atoms with van der Waals surface area (Å²) in [7, 11) is 1.63. The molecule has 4 amide bonds. The Kier molecular flexibility index (Phi) is 4.74. The van der Waals surface area contributed by atoms with Gasteiger partial charge in [0.25, 0.3) is 5.91 Å². The predicted octanol–water partition coefficient (Wildman–Crippen LogP) is 2.45. The Morgan fingerprint density at radius 3 is 2.81 bits per heavy atom. The van der Waals surface area contributed by atoms with Crippen molar-refractivity contribution in [1.29, 1.82) is 0 Å². The van der Waals surface area contributed by atoms with Crippen LogP contribution in [-0.2, 0) is 21.7 Å². The minimum Gasteiger partial charge on any atom is -0.454 e. The largest absolute Gasteiger partial charge is 0.454 e. The summed E-state index contributed by atoms with van der Waals surface area (Å²) in [6, 6.07) is 12.2. The van der Waals surface area contributed by atoms with E-state index in [1.165, 1.54) is 16.2 Å². The molecule has 1 fully saturated rings. The number of benzene rings is 2. The number of urea groups is 1. The van der Waals surface area contributed by atoms with Crippen molar-refractivity contribution in [2.24, 2.45) is 0 Å². The van der Waals surface area contributed by atoms with Gasteiger partial charge in [-0.3, -0.25) is 14.5 Å². The number of thiazole rings is 1. The third-order valence-corrected chi connectivity index (χ3v) is 6.68. The van der Waals surface area contributed by atoms with Gasteiger partial charge in [-0.2, -0.15) is 0 Å². The Morgan fingerprint density at radius 2 is 2.00 bits per heavy atom. The van der Waals surface area contributed by atoms with Gasteiger partial charge in [0.2, 0.25) is 12.7 Å². The first-order valence-electron chi connectivity index (χ1n) is 9.98. The molecule has 0 saturated carbocycles. The summed E-state index contributed by atoms with van der Waals surface area (Å²) in [4.78, 5) is 45.5. The maximum Gasteiger partial charge on any atom is 0.325 e. The van der Waals surface area contributed by atoms with E-state index in [0.29, 0.717) is 23.6 Å². The van der Waals surface area contributed by atoms with Gasteiger partial charge >= 0.3 is 6.03 Å². The Morgan fingerprint density at radius 1 is 1.22 bits per heavy atom. The van der Waals surface area contributed by atoms with Gasteiger partial charge in [0.05, 0.1) is 16.8 Å². The van der Waals surface area contributed by atoms with Crippen molar-refractivity contribution < 1.29 is 23.9 Å². The van der Waals surface area contributed by atoms with Gasteiger partial charge in [-0.1, -0.05) is 18.2 Å². The van der Waals surface area contributed by atoms with E-state index in [2.05, 4.69) is 10.3 Å². The van der Waals surface area contributed by atoms with Gasteiger partial charge in [-0.25, -0.2) is 9.78 Å². The van der Waals surface area contributed by atoms with Crippen LogP contribution in [0.3, 0.4) is 0 Å². The SMILES string of the molecule is CN(Cc1nc2ccccc2s1)C(=O)CN1C(=O)N[C@@](C)(c2ccc3c(c2)OCO3)C1=O. The number of ether oxygens (including phenoxy) is 2. The fourth-order valence-electron chi connectivity index (χ4n) is 3.78. The predicted molar refractivity (Wildman–Crippen MR) is 116 cm³/mol. The van der Waals surface area contributed by atoms with E-state index >= 15 is 0 Å². The van der Waals surface area contributed by atoms with Gasteiger partial charge < -0.3 is 19.7 Å². The molecule has 10 heteroatoms. The summed E-state index contributed by atoms with van der Waals surface area (Å²) in [5, 5.41) is 3.49. The number of carbonyl (C=O) groups is 3. The number of aromatic nitrogens is 1. The molecule has 9 nitrogen and oxygen atoms in total. The molecule has 3 aromatic rings. The second-order valence-corrected chi connectivity index (χ2v) is 8.95. The molecule has 0 spiro atoms. The van der Waals surface area contributed by atoms with Crippen molar-refractivity contribution in [3.05, 3.63) is 53.0 Å². The van der Waals surface area contributed by atoms with Crippen molar-refractivity contribution >= 4 is 39.4 Å². The van der Waals surface area contributed by atoms with Gasteiger partial charge in [0, 0.05) is 7.05 Å². The molecule has 2 aliphatic rings. The highest BCUT2D eigenvalue weighted by Crippen LogP contribution is 2.37. The molecule has 32 heavy (non-hydrogen) atoms. The molecule has 164 valence electrons. The first-order valence-corrected chi connectivity index (χ1v) is 10.8. The Balaban J connectivity index is 1.29. The second-order valence-electron chi connectivity index (χ2n) is 7.84. The van der Waals surface area contributed by atoms with Crippen molar-refractivity contribution in [2.75, 3.05) is 20.4 Å². The lowest BCUT2D eigenvalue weighted by Gasteiger charge is -2.23. The summed E-state index contributed by atoms with van der Waals surface area (Å²) >= 11 is 1.51. The average molecular weight is 452 g/mol. The van der Waals surface area contributed by atoms with Gasteiger partial charge in [-0.05, 0) is 36.8 Å². The van der Waals surface area contributed by atoms with E-state index in [0.717, 1.165) is 20.1 Å². The van der Waals surface area contributed by atoms with E-state index in [-0.39, 0.29) is 19.2 Å². The molecule has 1 saturated heterocycles. The molecule has 5 rings (SSSR count). The zero-order valence-corrected chi connectivity index (χ0v) is 18.3. The molecular weight excluding hydrogens is 432 g/mol. The molecule has 2 aromatic carbocycles. The Labute approximate surface area is 187 Å². The van der Waals surface area contributed by atoms with Crippen LogP contribution >= 0.6 is 11.3 Å². The molecule has 1 aromatic heterocycles. The Hall–Kier alpha value is -3.66. The summed E-state index contributed by atoms with van der Waals surface area (Å²) in [5.41, 5.74) is 0.129. The molecular formula is C22H20N4O5S. The van der Waals surface area contributed by atoms with Gasteiger partial charge in [-0.15, -0.1) is 11.3 Å². The minimum absolute atomic E-state index is 0.109. The zero-order valence-electron chi connectivity index (χ0n) is 17.5. The van der Waals surface area contributed by atoms with Crippen molar-refractivity contribution in [3.8, 4) is 11.5 Å². The summed E-state index contributed by atoms with van der Waals surface area (Å²) in [6.45, 7) is 1.66. The summed E-state index contributed by atoms with van der Waals surface area (Å²) in [6.07, 6.45) is 0. The third kappa shape index (κ3) is 3.32. The third-order valence-electron chi connectivity index (χ3n) is 5.65. The normalized spacial score (nSPS) is 19.5. The number of likely N-dealkylation sites (N-methyl/N-ethyl adjacent to an activating group) is 1. The van der Waals surface area contributed by atoms with E-state index in [9.17, 15) is 14.4 Å². The standard InChI is InChI=1S/C22H20N4O5S/c1-22(13-7-8-15-16(9-13)31-12-30-15)20(28)26(21(29)24-22)11-19(27)25(2)10-18-23-14-5-3-4-6-17(14)32-18/h3-9H,10-12H2,1-2H3,(H,24,29)/t22-/m0/s1. The van der Waals surface area contributed by atoms with E-state index in [1.54, 1.807) is 32.2 Å². The monoisotopic (exact) mass is 452 g/mol. The number of nitrogens with one attached hydrogen (secondary N) is 1. The van der Waals surface area contributed by atoms with Gasteiger partial charge in [0.1, 0.15) is 17.1 Å². The minimum atomic E-state index is -1.30. The number of para-hydroxylation sites is 1. The molecule has 0 unspecified atom stereocenters. The van der Waals surface area contributed by atoms with Crippen molar-refractivity contribution in [2.45, 2.75) is 19.0 Å². The maximum atomic E-state index is 13.2. The summed E-state index contributed by atoms with van der Waals surface area (Å²) < 4.78 is 11.7. The highest BCUT2D eigenvalue weighted by Gasteiger charge is 2.50. The van der Waals surface area contributed by atoms with Crippen molar-refractivity contribution in [1.82, 2.24) is 20.1 Å². The smallest absolute Gasteiger partial charge is 0.325 e. The highest BCUT2D eigenvalue weighted by molar-refractivity contribution is 7.18. The highest BCUT2D eigenvalue weighted by atomic mass is 32.1. The first kappa shape index (κ1) is 20.3. The van der Waals surface area contributed by atoms with Crippen LogP contribution in [0.4, 0.5) is 4.79 Å². The number of imide groups is 1. The van der Waals surface area contributed by atoms with E-state index in [1.807, 2.05) is 24.3 Å². The van der Waals surface area contributed by atoms with Crippen LogP contribution in [0.15, 0.2) is 42.5 Å². The van der Waals surface area contributed by atoms with Crippen molar-refractivity contribution in [3.63, 3.8) is 0 Å². The summed E-state index contributed by atoms with van der Waals surface area (Å²) in [5.74, 6) is 0.235. The first-order chi connectivity index (χ1) is 15.3. The maximum absolute atomic E-state index is 13.2. The number of hydrogen-bond donors (Lipinski definition) is 1. The number of fused-ring (bicyclic) bond motifs is 2. The van der Waals surface area contributed by atoms with Crippen LogP contribution < -0.4 is 14.8 Å². The molecule has 0 radical (unpaired) electrons. The lowest BCUT2D eigenvalue weighted by molar-refractivity contribution is -0.138. The molecule has 3 heterocycles. The molecule has 0 aliphatic carbocycles. The molecule has 0 bridgehead atoms. The number of hydrogen-bond acceptors (Lipinski definition) is 7. The second kappa shape index (κ2) is 7.49. The zero-order chi connectivity index (χ0) is 22.5. The number of amides is 4. The van der Waals surface area contributed by atoms with Crippen LogP contribution in [0.25, 0.3) is 10.2 Å². The van der Waals surface area contributed by atoms with E-state index in [4.69, 9.17) is 9.47 Å². The van der Waals surface area contributed by atoms with Crippen LogP contribution in [-0.4, -0.2) is 53.0 Å². The fraction of sp³-hybridized carbons (Fsp3) is 0.273. The topological polar surface area (TPSA) is 101 Å². The lowest BCUT2D eigenvalue weighted by atomic mass is 9.91. The number of rotatable bonds is 5. The molecule has 2 aliphatic heterocycles. The van der Waals surface area contributed by atoms with E-state index < -0.39 is 17.5 Å². The average Bonchev–Trinajstić information content (AvgIpc) is 3.46. The van der Waals surface area contributed by atoms with Crippen LogP contribution in [0.2, 0.25) is 0 Å². The van der Waals surface area contributed by atoms with Crippen LogP contribution in [0.1, 0.15) is 17.5 Å². The molecule has 1 atom stereocenters. The van der Waals surface area contributed by atoms with Crippen LogP contribution in [0.5, 0.6) is 11.5 Å². The lowest BCUT2D eigenvalue weighted by Crippen LogP contribution is -2.43. The Bertz CT molecular complexity index is 1230. The number of carbonyl (C=O) groups excluding carboxylic acids is 3. The van der Waals surface area contributed by atoms with Gasteiger partial charge in [0.15, 0.2) is 11.5 Å². The molecule has 1 N–H and O–H groups in total.